The lowest BCUT2D eigenvalue weighted by atomic mass is 9.93. The molecule has 4 atom stereocenters. The summed E-state index contributed by atoms with van der Waals surface area (Å²) in [4.78, 5) is 3.32. The van der Waals surface area contributed by atoms with E-state index in [1.165, 1.54) is 0 Å². The van der Waals surface area contributed by atoms with E-state index >= 15 is 0 Å². The van der Waals surface area contributed by atoms with E-state index in [0.717, 1.165) is 0 Å². The average molecular weight is 345 g/mol. The van der Waals surface area contributed by atoms with Crippen LogP contribution in [0, 0.1) is 10.6 Å². The quantitative estimate of drug-likeness (QED) is 0.436. The monoisotopic (exact) mass is 345 g/mol. The summed E-state index contributed by atoms with van der Waals surface area (Å²) in [5.74, 6) is -1.84. The van der Waals surface area contributed by atoms with Crippen molar-refractivity contribution in [3.63, 3.8) is 0 Å². The predicted molar refractivity (Wildman–Crippen MR) is 65.4 cm³/mol. The maximum Gasteiger partial charge on any atom is 0.424 e. The second-order valence-corrected chi connectivity index (χ2v) is 5.01. The molecule has 0 bridgehead atoms. The Morgan fingerprint density at radius 3 is 2.59 bits per heavy atom. The van der Waals surface area contributed by atoms with E-state index in [4.69, 9.17) is 15.6 Å². The van der Waals surface area contributed by atoms with Crippen LogP contribution in [0.1, 0.15) is 6.23 Å². The van der Waals surface area contributed by atoms with Crippen LogP contribution in [0.25, 0.3) is 0 Å². The zero-order valence-electron chi connectivity index (χ0n) is 10.7. The number of anilines is 1. The number of aliphatic hydroxyl groups is 3. The second-order valence-electron chi connectivity index (χ2n) is 4.64. The standard InChI is InChI=1S/C10H11F4N3O4S/c11-3-1-17(8(22)16-6(3)15)7-9(20,10(12,13)14)5(19)4(2-18)21-7/h1,4-5,7,18-20H,2H2,(H2,15,16,22). The fraction of sp³-hybridized carbons (Fsp3) is 0.600. The molecule has 1 aliphatic heterocycles. The van der Waals surface area contributed by atoms with Crippen molar-refractivity contribution in [3.8, 4) is 0 Å². The third-order valence-corrected chi connectivity index (χ3v) is 3.61. The molecule has 2 heterocycles. The smallest absolute Gasteiger partial charge is 0.394 e. The van der Waals surface area contributed by atoms with E-state index in [1.807, 2.05) is 0 Å². The highest BCUT2D eigenvalue weighted by molar-refractivity contribution is 7.71. The summed E-state index contributed by atoms with van der Waals surface area (Å²) in [5, 5.41) is 28.5. The minimum atomic E-state index is -5.35. The Bertz CT molecular complexity index is 640. The fourth-order valence-corrected chi connectivity index (χ4v) is 2.37. The van der Waals surface area contributed by atoms with Gasteiger partial charge in [0.2, 0.25) is 10.4 Å². The van der Waals surface area contributed by atoms with Crippen LogP contribution in [-0.2, 0) is 4.74 Å². The molecule has 2 rings (SSSR count). The van der Waals surface area contributed by atoms with Crippen molar-refractivity contribution in [2.24, 2.45) is 0 Å². The summed E-state index contributed by atoms with van der Waals surface area (Å²) < 4.78 is 57.6. The molecule has 124 valence electrons. The summed E-state index contributed by atoms with van der Waals surface area (Å²) in [6.45, 7) is -1.01. The van der Waals surface area contributed by atoms with Gasteiger partial charge in [0.05, 0.1) is 6.61 Å². The molecule has 0 spiro atoms. The Morgan fingerprint density at radius 1 is 1.50 bits per heavy atom. The first-order valence-corrected chi connectivity index (χ1v) is 6.22. The third-order valence-electron chi connectivity index (χ3n) is 3.30. The molecule has 4 unspecified atom stereocenters. The molecule has 7 nitrogen and oxygen atoms in total. The first kappa shape index (κ1) is 17.0. The lowest BCUT2D eigenvalue weighted by molar-refractivity contribution is -0.304. The molecule has 22 heavy (non-hydrogen) atoms. The topological polar surface area (TPSA) is 114 Å². The molecule has 12 heteroatoms. The number of nitrogens with two attached hydrogens (primary N) is 1. The van der Waals surface area contributed by atoms with E-state index in [2.05, 4.69) is 17.2 Å². The SMILES string of the molecule is Nc1nc(=S)n(C2OC(CO)C(O)C2(O)C(F)(F)F)cc1F. The molecule has 1 aromatic heterocycles. The minimum Gasteiger partial charge on any atom is -0.394 e. The number of nitrogens with zero attached hydrogens (tertiary/aromatic N) is 2. The van der Waals surface area contributed by atoms with E-state index in [0.29, 0.717) is 10.8 Å². The first-order chi connectivity index (χ1) is 10.0. The summed E-state index contributed by atoms with van der Waals surface area (Å²) >= 11 is 4.68. The van der Waals surface area contributed by atoms with Gasteiger partial charge in [0.15, 0.2) is 17.9 Å². The Labute approximate surface area is 125 Å². The van der Waals surface area contributed by atoms with Crippen LogP contribution in [0.3, 0.4) is 0 Å². The van der Waals surface area contributed by atoms with Crippen molar-refractivity contribution >= 4 is 18.0 Å². The molecule has 5 N–H and O–H groups in total. The van der Waals surface area contributed by atoms with Gasteiger partial charge in [-0.2, -0.15) is 18.2 Å². The Morgan fingerprint density at radius 2 is 2.09 bits per heavy atom. The number of aromatic nitrogens is 2. The van der Waals surface area contributed by atoms with Crippen molar-refractivity contribution < 1.29 is 37.6 Å². The van der Waals surface area contributed by atoms with Crippen LogP contribution in [0.2, 0.25) is 0 Å². The zero-order valence-corrected chi connectivity index (χ0v) is 11.5. The summed E-state index contributed by atoms with van der Waals surface area (Å²) in [6.07, 6.45) is -11.5. The fourth-order valence-electron chi connectivity index (χ4n) is 2.13. The Kier molecular flexibility index (Phi) is 4.16. The molecule has 1 saturated heterocycles. The van der Waals surface area contributed by atoms with Gasteiger partial charge in [0.25, 0.3) is 0 Å². The van der Waals surface area contributed by atoms with E-state index in [1.54, 1.807) is 0 Å². The first-order valence-electron chi connectivity index (χ1n) is 5.81. The van der Waals surface area contributed by atoms with Crippen molar-refractivity contribution in [2.75, 3.05) is 12.3 Å². The van der Waals surface area contributed by atoms with Gasteiger partial charge < -0.3 is 25.8 Å². The highest BCUT2D eigenvalue weighted by Gasteiger charge is 2.70. The Balaban J connectivity index is 2.62. The van der Waals surface area contributed by atoms with Gasteiger partial charge in [-0.25, -0.2) is 4.39 Å². The predicted octanol–water partition coefficient (Wildman–Crippen LogP) is -0.122. The largest absolute Gasteiger partial charge is 0.424 e. The number of aliphatic hydroxyl groups excluding tert-OH is 2. The van der Waals surface area contributed by atoms with Gasteiger partial charge in [0, 0.05) is 6.20 Å². The zero-order chi connectivity index (χ0) is 16.9. The average Bonchev–Trinajstić information content (AvgIpc) is 2.67. The molecule has 0 aromatic carbocycles. The molecule has 0 saturated carbocycles. The maximum absolute atomic E-state index is 13.5. The number of ether oxygens (including phenoxy) is 1. The van der Waals surface area contributed by atoms with Gasteiger partial charge in [-0.05, 0) is 12.2 Å². The molecule has 1 aliphatic rings. The molecule has 1 fully saturated rings. The van der Waals surface area contributed by atoms with Crippen molar-refractivity contribution in [2.45, 2.75) is 30.2 Å². The third kappa shape index (κ3) is 2.36. The van der Waals surface area contributed by atoms with Gasteiger partial charge in [-0.1, -0.05) is 0 Å². The van der Waals surface area contributed by atoms with Crippen LogP contribution < -0.4 is 5.73 Å². The number of hydrogen-bond donors (Lipinski definition) is 4. The minimum absolute atomic E-state index is 0.382. The molecular weight excluding hydrogens is 334 g/mol. The van der Waals surface area contributed by atoms with Crippen molar-refractivity contribution in [3.05, 3.63) is 16.8 Å². The van der Waals surface area contributed by atoms with E-state index in [-0.39, 0.29) is 0 Å². The highest BCUT2D eigenvalue weighted by atomic mass is 32.1. The summed E-state index contributed by atoms with van der Waals surface area (Å²) in [7, 11) is 0. The lowest BCUT2D eigenvalue weighted by Crippen LogP contribution is -2.57. The molecule has 0 aliphatic carbocycles. The molecule has 0 amide bonds. The summed E-state index contributed by atoms with van der Waals surface area (Å²) in [5.41, 5.74) is 1.32. The number of rotatable bonds is 2. The van der Waals surface area contributed by atoms with Gasteiger partial charge in [0.1, 0.15) is 12.2 Å². The maximum atomic E-state index is 13.5. The van der Waals surface area contributed by atoms with Gasteiger partial charge >= 0.3 is 6.18 Å². The van der Waals surface area contributed by atoms with Gasteiger partial charge in [-0.3, -0.25) is 4.57 Å². The normalized spacial score (nSPS) is 32.4. The number of halogens is 4. The van der Waals surface area contributed by atoms with Crippen molar-refractivity contribution in [1.82, 2.24) is 9.55 Å². The second kappa shape index (κ2) is 5.38. The van der Waals surface area contributed by atoms with Gasteiger partial charge in [-0.15, -0.1) is 0 Å². The van der Waals surface area contributed by atoms with E-state index < -0.39 is 53.2 Å². The van der Waals surface area contributed by atoms with E-state index in [9.17, 15) is 27.8 Å². The Hall–Kier alpha value is -1.34. The number of hydrogen-bond acceptors (Lipinski definition) is 7. The molecule has 1 aromatic rings. The number of alkyl halides is 3. The summed E-state index contributed by atoms with van der Waals surface area (Å²) in [6, 6.07) is 0. The van der Waals surface area contributed by atoms with Crippen LogP contribution in [0.5, 0.6) is 0 Å². The van der Waals surface area contributed by atoms with Crippen LogP contribution in [0.15, 0.2) is 6.20 Å². The highest BCUT2D eigenvalue weighted by Crippen LogP contribution is 2.48. The van der Waals surface area contributed by atoms with Crippen LogP contribution >= 0.6 is 12.2 Å². The molecule has 0 radical (unpaired) electrons. The van der Waals surface area contributed by atoms with Crippen LogP contribution in [0.4, 0.5) is 23.4 Å². The molecular formula is C10H11F4N3O4S. The number of nitrogen functional groups attached to an aromatic ring is 1. The van der Waals surface area contributed by atoms with Crippen LogP contribution in [-0.4, -0.2) is 55.5 Å². The van der Waals surface area contributed by atoms with Crippen molar-refractivity contribution in [1.29, 1.82) is 0 Å². The lowest BCUT2D eigenvalue weighted by Gasteiger charge is -2.33.